The average molecular weight is 323 g/mol. The van der Waals surface area contributed by atoms with Crippen LogP contribution in [0, 0.1) is 0 Å². The summed E-state index contributed by atoms with van der Waals surface area (Å²) in [6.07, 6.45) is 4.89. The van der Waals surface area contributed by atoms with Crippen molar-refractivity contribution in [2.45, 2.75) is 20.0 Å². The smallest absolute Gasteiger partial charge is 0.256 e. The normalized spacial score (nSPS) is 10.6. The van der Waals surface area contributed by atoms with E-state index in [0.717, 1.165) is 5.75 Å². The second kappa shape index (κ2) is 6.91. The van der Waals surface area contributed by atoms with E-state index in [1.807, 2.05) is 13.8 Å². The van der Waals surface area contributed by atoms with Gasteiger partial charge in [0.05, 0.1) is 6.10 Å². The highest BCUT2D eigenvalue weighted by molar-refractivity contribution is 6.03. The molecular weight excluding hydrogens is 306 g/mol. The highest BCUT2D eigenvalue weighted by atomic mass is 16.5. The van der Waals surface area contributed by atoms with Gasteiger partial charge in [-0.1, -0.05) is 0 Å². The maximum Gasteiger partial charge on any atom is 0.256 e. The molecule has 2 heterocycles. The minimum Gasteiger partial charge on any atom is -0.491 e. The molecular formula is C17H17N5O2. The Kier molecular flexibility index (Phi) is 4.51. The lowest BCUT2D eigenvalue weighted by Crippen LogP contribution is -2.14. The summed E-state index contributed by atoms with van der Waals surface area (Å²) in [4.78, 5) is 20.5. The SMILES string of the molecule is CC(C)Oc1ccc(C(=O)Nc2cc(-n3cccn3)ncn2)cc1. The van der Waals surface area contributed by atoms with Crippen LogP contribution in [-0.2, 0) is 0 Å². The Morgan fingerprint density at radius 3 is 2.67 bits per heavy atom. The Balaban J connectivity index is 1.72. The zero-order chi connectivity index (χ0) is 16.9. The Hall–Kier alpha value is -3.22. The van der Waals surface area contributed by atoms with Crippen LogP contribution in [0.5, 0.6) is 5.75 Å². The van der Waals surface area contributed by atoms with Crippen molar-refractivity contribution in [2.24, 2.45) is 0 Å². The third-order valence-electron chi connectivity index (χ3n) is 3.12. The molecule has 3 rings (SSSR count). The first-order chi connectivity index (χ1) is 11.6. The van der Waals surface area contributed by atoms with E-state index in [1.54, 1.807) is 53.5 Å². The monoisotopic (exact) mass is 323 g/mol. The number of aromatic nitrogens is 4. The summed E-state index contributed by atoms with van der Waals surface area (Å²) in [7, 11) is 0. The molecule has 0 atom stereocenters. The molecule has 1 N–H and O–H groups in total. The van der Waals surface area contributed by atoms with Crippen LogP contribution in [0.3, 0.4) is 0 Å². The van der Waals surface area contributed by atoms with Crippen LogP contribution in [0.4, 0.5) is 5.82 Å². The van der Waals surface area contributed by atoms with Gasteiger partial charge in [-0.25, -0.2) is 14.6 Å². The molecule has 0 unspecified atom stereocenters. The summed E-state index contributed by atoms with van der Waals surface area (Å²) in [5, 5.41) is 6.85. The first-order valence-corrected chi connectivity index (χ1v) is 7.52. The Labute approximate surface area is 139 Å². The number of hydrogen-bond acceptors (Lipinski definition) is 5. The lowest BCUT2D eigenvalue weighted by Gasteiger charge is -2.10. The molecule has 0 fully saturated rings. The third-order valence-corrected chi connectivity index (χ3v) is 3.12. The highest BCUT2D eigenvalue weighted by Crippen LogP contribution is 2.15. The Bertz CT molecular complexity index is 813. The molecule has 122 valence electrons. The van der Waals surface area contributed by atoms with Gasteiger partial charge in [0.2, 0.25) is 0 Å². The van der Waals surface area contributed by atoms with Crippen LogP contribution in [-0.4, -0.2) is 31.8 Å². The lowest BCUT2D eigenvalue weighted by atomic mass is 10.2. The van der Waals surface area contributed by atoms with E-state index in [-0.39, 0.29) is 12.0 Å². The van der Waals surface area contributed by atoms with Crippen molar-refractivity contribution in [3.63, 3.8) is 0 Å². The van der Waals surface area contributed by atoms with Gasteiger partial charge in [-0.3, -0.25) is 4.79 Å². The molecule has 0 bridgehead atoms. The van der Waals surface area contributed by atoms with E-state index >= 15 is 0 Å². The quantitative estimate of drug-likeness (QED) is 0.780. The predicted octanol–water partition coefficient (Wildman–Crippen LogP) is 2.70. The van der Waals surface area contributed by atoms with Gasteiger partial charge in [0.25, 0.3) is 5.91 Å². The number of rotatable bonds is 5. The number of nitrogens with one attached hydrogen (secondary N) is 1. The van der Waals surface area contributed by atoms with Gasteiger partial charge in [-0.15, -0.1) is 0 Å². The summed E-state index contributed by atoms with van der Waals surface area (Å²) < 4.78 is 7.15. The molecule has 2 aromatic heterocycles. The van der Waals surface area contributed by atoms with Gasteiger partial charge in [-0.2, -0.15) is 5.10 Å². The molecule has 0 saturated heterocycles. The van der Waals surface area contributed by atoms with Crippen molar-refractivity contribution in [3.05, 3.63) is 60.7 Å². The van der Waals surface area contributed by atoms with E-state index in [0.29, 0.717) is 17.2 Å². The average Bonchev–Trinajstić information content (AvgIpc) is 3.10. The van der Waals surface area contributed by atoms with Crippen LogP contribution in [0.15, 0.2) is 55.1 Å². The van der Waals surface area contributed by atoms with Gasteiger partial charge >= 0.3 is 0 Å². The zero-order valence-corrected chi connectivity index (χ0v) is 13.4. The van der Waals surface area contributed by atoms with Gasteiger partial charge < -0.3 is 10.1 Å². The fraction of sp³-hybridized carbons (Fsp3) is 0.176. The standard InChI is InChI=1S/C17H17N5O2/c1-12(2)24-14-6-4-13(5-7-14)17(23)21-15-10-16(19-11-18-15)22-9-3-8-20-22/h3-12H,1-2H3,(H,18,19,21,23). The van der Waals surface area contributed by atoms with E-state index in [1.165, 1.54) is 6.33 Å². The molecule has 0 radical (unpaired) electrons. The topological polar surface area (TPSA) is 81.9 Å². The summed E-state index contributed by atoms with van der Waals surface area (Å²) in [6.45, 7) is 3.90. The van der Waals surface area contributed by atoms with Crippen molar-refractivity contribution >= 4 is 11.7 Å². The molecule has 0 spiro atoms. The van der Waals surface area contributed by atoms with Crippen molar-refractivity contribution in [1.29, 1.82) is 0 Å². The van der Waals surface area contributed by atoms with Gasteiger partial charge in [0.15, 0.2) is 5.82 Å². The first kappa shape index (κ1) is 15.7. The fourth-order valence-electron chi connectivity index (χ4n) is 2.09. The molecule has 7 heteroatoms. The third kappa shape index (κ3) is 3.75. The number of carbonyl (C=O) groups is 1. The number of amides is 1. The Morgan fingerprint density at radius 2 is 2.00 bits per heavy atom. The van der Waals surface area contributed by atoms with E-state index in [4.69, 9.17) is 4.74 Å². The molecule has 0 saturated carbocycles. The second-order valence-electron chi connectivity index (χ2n) is 5.36. The van der Waals surface area contributed by atoms with Crippen LogP contribution in [0.1, 0.15) is 24.2 Å². The van der Waals surface area contributed by atoms with Gasteiger partial charge in [0, 0.05) is 24.0 Å². The largest absolute Gasteiger partial charge is 0.491 e. The number of benzene rings is 1. The molecule has 0 aliphatic carbocycles. The molecule has 3 aromatic rings. The summed E-state index contributed by atoms with van der Waals surface area (Å²) in [6, 6.07) is 10.4. The lowest BCUT2D eigenvalue weighted by molar-refractivity contribution is 0.102. The minimum absolute atomic E-state index is 0.0893. The van der Waals surface area contributed by atoms with E-state index in [2.05, 4.69) is 20.4 Å². The van der Waals surface area contributed by atoms with Crippen LogP contribution >= 0.6 is 0 Å². The Morgan fingerprint density at radius 1 is 1.21 bits per heavy atom. The molecule has 1 aromatic carbocycles. The zero-order valence-electron chi connectivity index (χ0n) is 13.4. The minimum atomic E-state index is -0.254. The summed E-state index contributed by atoms with van der Waals surface area (Å²) in [5.74, 6) is 1.45. The van der Waals surface area contributed by atoms with Crippen molar-refractivity contribution in [2.75, 3.05) is 5.32 Å². The number of carbonyl (C=O) groups excluding carboxylic acids is 1. The molecule has 0 aliphatic heterocycles. The van der Waals surface area contributed by atoms with Crippen LogP contribution in [0.2, 0.25) is 0 Å². The molecule has 7 nitrogen and oxygen atoms in total. The summed E-state index contributed by atoms with van der Waals surface area (Å²) in [5.41, 5.74) is 0.519. The van der Waals surface area contributed by atoms with E-state index in [9.17, 15) is 4.79 Å². The molecule has 0 aliphatic rings. The van der Waals surface area contributed by atoms with E-state index < -0.39 is 0 Å². The number of anilines is 1. The highest BCUT2D eigenvalue weighted by Gasteiger charge is 2.09. The van der Waals surface area contributed by atoms with Crippen LogP contribution < -0.4 is 10.1 Å². The summed E-state index contributed by atoms with van der Waals surface area (Å²) >= 11 is 0. The molecule has 1 amide bonds. The first-order valence-electron chi connectivity index (χ1n) is 7.52. The number of hydrogen-bond donors (Lipinski definition) is 1. The molecule has 24 heavy (non-hydrogen) atoms. The maximum atomic E-state index is 12.3. The van der Waals surface area contributed by atoms with Crippen LogP contribution in [0.25, 0.3) is 5.82 Å². The maximum absolute atomic E-state index is 12.3. The number of nitrogens with zero attached hydrogens (tertiary/aromatic N) is 4. The fourth-order valence-corrected chi connectivity index (χ4v) is 2.09. The van der Waals surface area contributed by atoms with Gasteiger partial charge in [0.1, 0.15) is 17.9 Å². The van der Waals surface area contributed by atoms with Crippen molar-refractivity contribution in [3.8, 4) is 11.6 Å². The number of ether oxygens (including phenoxy) is 1. The van der Waals surface area contributed by atoms with Crippen molar-refractivity contribution < 1.29 is 9.53 Å². The second-order valence-corrected chi connectivity index (χ2v) is 5.36. The predicted molar refractivity (Wildman–Crippen MR) is 89.3 cm³/mol. The van der Waals surface area contributed by atoms with Crippen molar-refractivity contribution in [1.82, 2.24) is 19.7 Å². The van der Waals surface area contributed by atoms with Gasteiger partial charge in [-0.05, 0) is 44.2 Å².